The third kappa shape index (κ3) is 3.51. The van der Waals surface area contributed by atoms with Crippen molar-refractivity contribution in [1.29, 1.82) is 0 Å². The number of hydrogen-bond donors (Lipinski definition) is 0. The zero-order chi connectivity index (χ0) is 15.6. The molecule has 0 N–H and O–H groups in total. The number of ether oxygens (including phenoxy) is 2. The van der Waals surface area contributed by atoms with Gasteiger partial charge in [0.15, 0.2) is 0 Å². The molecule has 1 aromatic heterocycles. The summed E-state index contributed by atoms with van der Waals surface area (Å²) >= 11 is 0. The number of benzene rings is 1. The Morgan fingerprint density at radius 2 is 2.05 bits per heavy atom. The summed E-state index contributed by atoms with van der Waals surface area (Å²) in [5, 5.41) is 0.612. The van der Waals surface area contributed by atoms with E-state index >= 15 is 0 Å². The summed E-state index contributed by atoms with van der Waals surface area (Å²) in [7, 11) is 0. The summed E-state index contributed by atoms with van der Waals surface area (Å²) in [5.74, 6) is 0.221. The van der Waals surface area contributed by atoms with Gasteiger partial charge in [0.1, 0.15) is 22.7 Å². The SMILES string of the molecule is C=CC(C)(C)Oc1cc(OC(C)=O)cc2oc(=O)ccc12. The molecule has 0 aliphatic carbocycles. The van der Waals surface area contributed by atoms with Crippen molar-refractivity contribution in [3.63, 3.8) is 0 Å². The van der Waals surface area contributed by atoms with E-state index in [2.05, 4.69) is 6.58 Å². The van der Waals surface area contributed by atoms with Crippen LogP contribution in [0.2, 0.25) is 0 Å². The lowest BCUT2D eigenvalue weighted by atomic mass is 10.1. The molecule has 0 saturated carbocycles. The number of hydrogen-bond acceptors (Lipinski definition) is 5. The van der Waals surface area contributed by atoms with Gasteiger partial charge in [0.2, 0.25) is 0 Å². The van der Waals surface area contributed by atoms with E-state index in [1.807, 2.05) is 13.8 Å². The van der Waals surface area contributed by atoms with Crippen molar-refractivity contribution < 1.29 is 18.7 Å². The minimum Gasteiger partial charge on any atom is -0.483 e. The van der Waals surface area contributed by atoms with Gasteiger partial charge in [-0.05, 0) is 26.0 Å². The van der Waals surface area contributed by atoms with Gasteiger partial charge in [-0.1, -0.05) is 6.58 Å². The first-order chi connectivity index (χ1) is 9.80. The first-order valence-corrected chi connectivity index (χ1v) is 6.40. The standard InChI is InChI=1S/C16H16O5/c1-5-16(3,4)21-14-9-11(19-10(2)17)8-13-12(14)6-7-15(18)20-13/h5-9H,1H2,2-4H3. The van der Waals surface area contributed by atoms with E-state index in [4.69, 9.17) is 13.9 Å². The average Bonchev–Trinajstić information content (AvgIpc) is 2.37. The molecule has 0 spiro atoms. The Bertz CT molecular complexity index is 755. The first kappa shape index (κ1) is 14.8. The molecule has 1 heterocycles. The highest BCUT2D eigenvalue weighted by Crippen LogP contribution is 2.33. The predicted octanol–water partition coefficient (Wildman–Crippen LogP) is 3.06. The Kier molecular flexibility index (Phi) is 3.84. The summed E-state index contributed by atoms with van der Waals surface area (Å²) in [4.78, 5) is 22.4. The predicted molar refractivity (Wildman–Crippen MR) is 78.7 cm³/mol. The van der Waals surface area contributed by atoms with E-state index < -0.39 is 17.2 Å². The molecule has 0 radical (unpaired) electrons. The highest BCUT2D eigenvalue weighted by Gasteiger charge is 2.18. The van der Waals surface area contributed by atoms with Gasteiger partial charge in [-0.25, -0.2) is 4.79 Å². The van der Waals surface area contributed by atoms with Gasteiger partial charge in [-0.15, -0.1) is 0 Å². The second-order valence-corrected chi connectivity index (χ2v) is 5.09. The normalized spacial score (nSPS) is 11.2. The van der Waals surface area contributed by atoms with Crippen LogP contribution in [-0.4, -0.2) is 11.6 Å². The Morgan fingerprint density at radius 1 is 1.33 bits per heavy atom. The Labute approximate surface area is 121 Å². The molecule has 0 unspecified atom stereocenters. The maximum atomic E-state index is 11.3. The van der Waals surface area contributed by atoms with Gasteiger partial charge in [-0.3, -0.25) is 4.79 Å². The smallest absolute Gasteiger partial charge is 0.336 e. The van der Waals surface area contributed by atoms with Crippen molar-refractivity contribution in [2.24, 2.45) is 0 Å². The van der Waals surface area contributed by atoms with Gasteiger partial charge >= 0.3 is 11.6 Å². The van der Waals surface area contributed by atoms with Crippen molar-refractivity contribution in [3.05, 3.63) is 47.3 Å². The largest absolute Gasteiger partial charge is 0.483 e. The molecule has 0 atom stereocenters. The summed E-state index contributed by atoms with van der Waals surface area (Å²) in [5.41, 5.74) is -0.828. The van der Waals surface area contributed by atoms with Crippen LogP contribution in [0, 0.1) is 0 Å². The molecule has 5 heteroatoms. The molecule has 2 aromatic rings. The number of esters is 1. The molecule has 2 rings (SSSR count). The Hall–Kier alpha value is -2.56. The number of carbonyl (C=O) groups is 1. The molecular formula is C16H16O5. The minimum atomic E-state index is -0.627. The van der Waals surface area contributed by atoms with E-state index in [9.17, 15) is 9.59 Å². The van der Waals surface area contributed by atoms with Crippen molar-refractivity contribution in [1.82, 2.24) is 0 Å². The van der Waals surface area contributed by atoms with Crippen molar-refractivity contribution in [2.75, 3.05) is 0 Å². The van der Waals surface area contributed by atoms with Gasteiger partial charge < -0.3 is 13.9 Å². The van der Waals surface area contributed by atoms with Crippen molar-refractivity contribution in [3.8, 4) is 11.5 Å². The van der Waals surface area contributed by atoms with Crippen molar-refractivity contribution >= 4 is 16.9 Å². The van der Waals surface area contributed by atoms with Gasteiger partial charge in [0.25, 0.3) is 0 Å². The molecule has 0 amide bonds. The van der Waals surface area contributed by atoms with E-state index in [0.29, 0.717) is 11.1 Å². The Balaban J connectivity index is 2.62. The fraction of sp³-hybridized carbons (Fsp3) is 0.250. The van der Waals surface area contributed by atoms with Crippen LogP contribution < -0.4 is 15.1 Å². The van der Waals surface area contributed by atoms with Crippen LogP contribution in [0.1, 0.15) is 20.8 Å². The molecule has 0 saturated heterocycles. The van der Waals surface area contributed by atoms with E-state index in [1.54, 1.807) is 18.2 Å². The van der Waals surface area contributed by atoms with Crippen LogP contribution >= 0.6 is 0 Å². The number of carbonyl (C=O) groups excluding carboxylic acids is 1. The number of rotatable bonds is 4. The van der Waals surface area contributed by atoms with Crippen molar-refractivity contribution in [2.45, 2.75) is 26.4 Å². The van der Waals surface area contributed by atoms with Gasteiger partial charge in [-0.2, -0.15) is 0 Å². The molecular weight excluding hydrogens is 272 g/mol. The monoisotopic (exact) mass is 288 g/mol. The quantitative estimate of drug-likeness (QED) is 0.374. The molecule has 1 aromatic carbocycles. The summed E-state index contributed by atoms with van der Waals surface area (Å²) in [6, 6.07) is 5.97. The fourth-order valence-corrected chi connectivity index (χ4v) is 1.75. The topological polar surface area (TPSA) is 65.7 Å². The summed E-state index contributed by atoms with van der Waals surface area (Å²) in [6.07, 6.45) is 1.65. The Morgan fingerprint density at radius 3 is 2.67 bits per heavy atom. The lowest BCUT2D eigenvalue weighted by Crippen LogP contribution is -2.24. The first-order valence-electron chi connectivity index (χ1n) is 6.40. The van der Waals surface area contributed by atoms with E-state index in [0.717, 1.165) is 0 Å². The number of fused-ring (bicyclic) bond motifs is 1. The summed E-state index contributed by atoms with van der Waals surface area (Å²) < 4.78 is 16.0. The third-order valence-electron chi connectivity index (χ3n) is 2.80. The van der Waals surface area contributed by atoms with Crippen LogP contribution in [0.15, 0.2) is 46.1 Å². The minimum absolute atomic E-state index is 0.249. The molecule has 0 fully saturated rings. The molecule has 110 valence electrons. The van der Waals surface area contributed by atoms with E-state index in [1.165, 1.54) is 19.1 Å². The second kappa shape index (κ2) is 5.44. The van der Waals surface area contributed by atoms with Gasteiger partial charge in [0.05, 0.1) is 5.39 Å². The van der Waals surface area contributed by atoms with E-state index in [-0.39, 0.29) is 11.3 Å². The lowest BCUT2D eigenvalue weighted by Gasteiger charge is -2.23. The van der Waals surface area contributed by atoms with Gasteiger partial charge in [0, 0.05) is 25.1 Å². The molecule has 0 bridgehead atoms. The highest BCUT2D eigenvalue weighted by atomic mass is 16.5. The molecule has 0 aliphatic rings. The molecule has 5 nitrogen and oxygen atoms in total. The maximum Gasteiger partial charge on any atom is 0.336 e. The van der Waals surface area contributed by atoms with Crippen LogP contribution in [0.3, 0.4) is 0 Å². The van der Waals surface area contributed by atoms with Crippen LogP contribution in [0.5, 0.6) is 11.5 Å². The zero-order valence-electron chi connectivity index (χ0n) is 12.1. The van der Waals surface area contributed by atoms with Crippen LogP contribution in [-0.2, 0) is 4.79 Å². The third-order valence-corrected chi connectivity index (χ3v) is 2.80. The van der Waals surface area contributed by atoms with Crippen LogP contribution in [0.4, 0.5) is 0 Å². The maximum absolute atomic E-state index is 11.3. The highest BCUT2D eigenvalue weighted by molar-refractivity contribution is 5.86. The van der Waals surface area contributed by atoms with Crippen LogP contribution in [0.25, 0.3) is 11.0 Å². The summed E-state index contributed by atoms with van der Waals surface area (Å²) in [6.45, 7) is 8.67. The molecule has 21 heavy (non-hydrogen) atoms. The molecule has 0 aliphatic heterocycles. The zero-order valence-corrected chi connectivity index (χ0v) is 12.1. The fourth-order valence-electron chi connectivity index (χ4n) is 1.75. The lowest BCUT2D eigenvalue weighted by molar-refractivity contribution is -0.131. The second-order valence-electron chi connectivity index (χ2n) is 5.09. The average molecular weight is 288 g/mol.